The number of carbonyl (C=O) groups is 1. The number of ether oxygens (including phenoxy) is 1. The molecule has 0 aromatic heterocycles. The summed E-state index contributed by atoms with van der Waals surface area (Å²) in [6.07, 6.45) is 0.715. The molecule has 1 rings (SSSR count). The van der Waals surface area contributed by atoms with Gasteiger partial charge in [-0.15, -0.1) is 0 Å². The molecule has 3 nitrogen and oxygen atoms in total. The minimum atomic E-state index is -0.732. The molecule has 0 radical (unpaired) electrons. The first-order chi connectivity index (χ1) is 8.87. The molecular weight excluding hydrogens is 238 g/mol. The summed E-state index contributed by atoms with van der Waals surface area (Å²) in [6, 6.07) is 7.62. The third kappa shape index (κ3) is 3.14. The van der Waals surface area contributed by atoms with Crippen molar-refractivity contribution in [3.63, 3.8) is 0 Å². The molecule has 3 heteroatoms. The van der Waals surface area contributed by atoms with Crippen LogP contribution in [0.2, 0.25) is 0 Å². The zero-order valence-corrected chi connectivity index (χ0v) is 12.3. The van der Waals surface area contributed by atoms with E-state index < -0.39 is 11.3 Å². The minimum Gasteiger partial charge on any atom is -0.496 e. The molecule has 1 aromatic rings. The summed E-state index contributed by atoms with van der Waals surface area (Å²) in [5.41, 5.74) is 1.21. The Morgan fingerprint density at radius 1 is 1.47 bits per heavy atom. The summed E-state index contributed by atoms with van der Waals surface area (Å²) in [7, 11) is 1.59. The molecule has 19 heavy (non-hydrogen) atoms. The van der Waals surface area contributed by atoms with Crippen molar-refractivity contribution >= 4 is 5.78 Å². The van der Waals surface area contributed by atoms with Crippen LogP contribution in [0.1, 0.15) is 44.2 Å². The van der Waals surface area contributed by atoms with Crippen LogP contribution in [0.5, 0.6) is 5.75 Å². The van der Waals surface area contributed by atoms with E-state index in [9.17, 15) is 10.1 Å². The fourth-order valence-electron chi connectivity index (χ4n) is 1.87. The number of rotatable bonds is 5. The lowest BCUT2D eigenvalue weighted by Gasteiger charge is -2.24. The van der Waals surface area contributed by atoms with Crippen LogP contribution in [-0.2, 0) is 4.79 Å². The fourth-order valence-corrected chi connectivity index (χ4v) is 1.87. The van der Waals surface area contributed by atoms with E-state index in [1.165, 1.54) is 0 Å². The van der Waals surface area contributed by atoms with Crippen molar-refractivity contribution in [1.82, 2.24) is 0 Å². The number of hydrogen-bond donors (Lipinski definition) is 0. The Balaban J connectivity index is 3.19. The molecule has 0 spiro atoms. The van der Waals surface area contributed by atoms with Crippen molar-refractivity contribution in [3.05, 3.63) is 29.3 Å². The van der Waals surface area contributed by atoms with Gasteiger partial charge in [0.15, 0.2) is 5.78 Å². The standard InChI is InChI=1S/C16H21NO2/c1-6-16(3,4)15(18)13(10-17)12-8-7-11(2)14(9-12)19-5/h7-9,13H,6H2,1-5H3. The molecule has 0 bridgehead atoms. The molecule has 0 heterocycles. The van der Waals surface area contributed by atoms with E-state index in [0.29, 0.717) is 17.7 Å². The quantitative estimate of drug-likeness (QED) is 0.811. The second-order valence-electron chi connectivity index (χ2n) is 5.39. The SMILES string of the molecule is CCC(C)(C)C(=O)C(C#N)c1ccc(C)c(OC)c1. The Morgan fingerprint density at radius 3 is 2.58 bits per heavy atom. The van der Waals surface area contributed by atoms with Gasteiger partial charge in [0.25, 0.3) is 0 Å². The normalized spacial score (nSPS) is 12.6. The summed E-state index contributed by atoms with van der Waals surface area (Å²) in [4.78, 5) is 12.4. The topological polar surface area (TPSA) is 50.1 Å². The van der Waals surface area contributed by atoms with Gasteiger partial charge in [0.2, 0.25) is 0 Å². The maximum atomic E-state index is 12.4. The van der Waals surface area contributed by atoms with Gasteiger partial charge in [0.1, 0.15) is 11.7 Å². The number of nitrogens with zero attached hydrogens (tertiary/aromatic N) is 1. The average molecular weight is 259 g/mol. The van der Waals surface area contributed by atoms with Crippen LogP contribution in [-0.4, -0.2) is 12.9 Å². The Bertz CT molecular complexity index is 512. The van der Waals surface area contributed by atoms with Gasteiger partial charge in [-0.05, 0) is 30.5 Å². The highest BCUT2D eigenvalue weighted by Crippen LogP contribution is 2.32. The van der Waals surface area contributed by atoms with E-state index in [4.69, 9.17) is 4.74 Å². The van der Waals surface area contributed by atoms with Crippen molar-refractivity contribution in [2.45, 2.75) is 40.0 Å². The highest BCUT2D eigenvalue weighted by molar-refractivity contribution is 5.92. The lowest BCUT2D eigenvalue weighted by molar-refractivity contribution is -0.127. The average Bonchev–Trinajstić information content (AvgIpc) is 2.41. The zero-order chi connectivity index (χ0) is 14.6. The van der Waals surface area contributed by atoms with Crippen LogP contribution in [0.4, 0.5) is 0 Å². The molecule has 0 saturated carbocycles. The Morgan fingerprint density at radius 2 is 2.11 bits per heavy atom. The van der Waals surface area contributed by atoms with Gasteiger partial charge in [-0.3, -0.25) is 4.79 Å². The summed E-state index contributed by atoms with van der Waals surface area (Å²) >= 11 is 0. The monoisotopic (exact) mass is 259 g/mol. The van der Waals surface area contributed by atoms with Gasteiger partial charge in [0.05, 0.1) is 13.2 Å². The van der Waals surface area contributed by atoms with Crippen LogP contribution in [0, 0.1) is 23.7 Å². The Kier molecular flexibility index (Phi) is 4.72. The molecule has 102 valence electrons. The Labute approximate surface area is 115 Å². The van der Waals surface area contributed by atoms with Gasteiger partial charge >= 0.3 is 0 Å². The summed E-state index contributed by atoms with van der Waals surface area (Å²) < 4.78 is 5.25. The predicted molar refractivity (Wildman–Crippen MR) is 75.2 cm³/mol. The Hall–Kier alpha value is -1.82. The second-order valence-corrected chi connectivity index (χ2v) is 5.39. The van der Waals surface area contributed by atoms with Crippen LogP contribution < -0.4 is 4.74 Å². The van der Waals surface area contributed by atoms with Crippen LogP contribution in [0.15, 0.2) is 18.2 Å². The third-order valence-corrected chi connectivity index (χ3v) is 3.71. The number of hydrogen-bond acceptors (Lipinski definition) is 3. The molecule has 0 amide bonds. The number of methoxy groups -OCH3 is 1. The molecule has 1 atom stereocenters. The number of Topliss-reactive ketones (excluding diaryl/α,β-unsaturated/α-hetero) is 1. The van der Waals surface area contributed by atoms with E-state index in [1.54, 1.807) is 13.2 Å². The van der Waals surface area contributed by atoms with Crippen molar-refractivity contribution < 1.29 is 9.53 Å². The largest absolute Gasteiger partial charge is 0.496 e. The summed E-state index contributed by atoms with van der Waals surface area (Å²) in [6.45, 7) is 7.65. The van der Waals surface area contributed by atoms with Crippen LogP contribution >= 0.6 is 0 Å². The number of carbonyl (C=O) groups excluding carboxylic acids is 1. The summed E-state index contributed by atoms with van der Waals surface area (Å²) in [5, 5.41) is 9.33. The van der Waals surface area contributed by atoms with Gasteiger partial charge in [-0.2, -0.15) is 5.26 Å². The lowest BCUT2D eigenvalue weighted by atomic mass is 9.77. The summed E-state index contributed by atoms with van der Waals surface area (Å²) in [5.74, 6) is -0.0623. The number of aryl methyl sites for hydroxylation is 1. The lowest BCUT2D eigenvalue weighted by Crippen LogP contribution is -2.28. The van der Waals surface area contributed by atoms with Crippen molar-refractivity contribution in [2.24, 2.45) is 5.41 Å². The maximum Gasteiger partial charge on any atom is 0.160 e. The van der Waals surface area contributed by atoms with Crippen LogP contribution in [0.3, 0.4) is 0 Å². The first kappa shape index (κ1) is 15.2. The fraction of sp³-hybridized carbons (Fsp3) is 0.500. The molecular formula is C16H21NO2. The van der Waals surface area contributed by atoms with E-state index in [0.717, 1.165) is 5.56 Å². The van der Waals surface area contributed by atoms with Crippen molar-refractivity contribution in [1.29, 1.82) is 5.26 Å². The molecule has 1 aromatic carbocycles. The van der Waals surface area contributed by atoms with Crippen LogP contribution in [0.25, 0.3) is 0 Å². The molecule has 1 unspecified atom stereocenters. The molecule has 0 fully saturated rings. The second kappa shape index (κ2) is 5.88. The van der Waals surface area contributed by atoms with Gasteiger partial charge in [-0.25, -0.2) is 0 Å². The van der Waals surface area contributed by atoms with E-state index in [2.05, 4.69) is 6.07 Å². The van der Waals surface area contributed by atoms with E-state index in [1.807, 2.05) is 39.8 Å². The zero-order valence-electron chi connectivity index (χ0n) is 12.3. The molecule has 0 aliphatic rings. The number of ketones is 1. The number of nitriles is 1. The van der Waals surface area contributed by atoms with Gasteiger partial charge < -0.3 is 4.74 Å². The maximum absolute atomic E-state index is 12.4. The predicted octanol–water partition coefficient (Wildman–Crippen LogP) is 3.62. The van der Waals surface area contributed by atoms with Gasteiger partial charge in [-0.1, -0.05) is 32.9 Å². The van der Waals surface area contributed by atoms with Crippen molar-refractivity contribution in [2.75, 3.05) is 7.11 Å². The third-order valence-electron chi connectivity index (χ3n) is 3.71. The smallest absolute Gasteiger partial charge is 0.160 e. The minimum absolute atomic E-state index is 0.0385. The molecule has 0 saturated heterocycles. The molecule has 0 aliphatic heterocycles. The van der Waals surface area contributed by atoms with Gasteiger partial charge in [0, 0.05) is 5.41 Å². The first-order valence-corrected chi connectivity index (χ1v) is 6.45. The van der Waals surface area contributed by atoms with Crippen molar-refractivity contribution in [3.8, 4) is 11.8 Å². The molecule has 0 aliphatic carbocycles. The van der Waals surface area contributed by atoms with E-state index in [-0.39, 0.29) is 5.78 Å². The molecule has 0 N–H and O–H groups in total. The number of benzene rings is 1. The van der Waals surface area contributed by atoms with E-state index >= 15 is 0 Å². The highest BCUT2D eigenvalue weighted by atomic mass is 16.5. The highest BCUT2D eigenvalue weighted by Gasteiger charge is 2.33. The first-order valence-electron chi connectivity index (χ1n) is 6.45.